The Morgan fingerprint density at radius 3 is 1.27 bits per heavy atom. The van der Waals surface area contributed by atoms with E-state index >= 15 is 0 Å². The van der Waals surface area contributed by atoms with E-state index < -0.39 is 6.10 Å². The van der Waals surface area contributed by atoms with Crippen molar-refractivity contribution in [2.45, 2.75) is 207 Å². The van der Waals surface area contributed by atoms with Gasteiger partial charge in [0.2, 0.25) is 0 Å². The molecule has 0 aliphatic rings. The molecule has 6 heteroatoms. The molecule has 0 saturated carbocycles. The summed E-state index contributed by atoms with van der Waals surface area (Å²) in [7, 11) is 0. The van der Waals surface area contributed by atoms with Gasteiger partial charge in [-0.25, -0.2) is 0 Å². The molecule has 0 radical (unpaired) electrons. The SMILES string of the molecule is CC/C=C\C/C=C\C/C=C\CCCCCC(=O)OCC(COC(=O)CCCCCCCCCC)OC(=O)CCCCCCC/C=C\CCCCC. The lowest BCUT2D eigenvalue weighted by Crippen LogP contribution is -2.30. The van der Waals surface area contributed by atoms with E-state index in [0.29, 0.717) is 19.3 Å². The molecule has 0 aromatic carbocycles. The molecule has 0 bridgehead atoms. The van der Waals surface area contributed by atoms with Crippen molar-refractivity contribution in [3.05, 3.63) is 48.6 Å². The monoisotopic (exact) mass is 715 g/mol. The second-order valence-corrected chi connectivity index (χ2v) is 13.9. The van der Waals surface area contributed by atoms with Crippen LogP contribution >= 0.6 is 0 Å². The Balaban J connectivity index is 4.42. The van der Waals surface area contributed by atoms with Gasteiger partial charge in [0.25, 0.3) is 0 Å². The van der Waals surface area contributed by atoms with E-state index in [0.717, 1.165) is 96.3 Å². The van der Waals surface area contributed by atoms with E-state index in [2.05, 4.69) is 69.4 Å². The fraction of sp³-hybridized carbons (Fsp3) is 0.756. The van der Waals surface area contributed by atoms with Gasteiger partial charge in [-0.15, -0.1) is 0 Å². The Kier molecular flexibility index (Phi) is 38.1. The molecule has 0 amide bonds. The Labute approximate surface area is 314 Å². The predicted molar refractivity (Wildman–Crippen MR) is 215 cm³/mol. The number of unbranched alkanes of at least 4 members (excludes halogenated alkanes) is 18. The summed E-state index contributed by atoms with van der Waals surface area (Å²) in [5.74, 6) is -0.935. The van der Waals surface area contributed by atoms with E-state index in [1.807, 2.05) is 0 Å². The van der Waals surface area contributed by atoms with Crippen molar-refractivity contribution in [2.75, 3.05) is 13.2 Å². The molecule has 6 nitrogen and oxygen atoms in total. The number of esters is 3. The zero-order valence-corrected chi connectivity index (χ0v) is 33.4. The fourth-order valence-corrected chi connectivity index (χ4v) is 5.62. The summed E-state index contributed by atoms with van der Waals surface area (Å²) in [6, 6.07) is 0. The third-order valence-corrected chi connectivity index (χ3v) is 8.82. The zero-order chi connectivity index (χ0) is 37.3. The number of rotatable bonds is 37. The minimum atomic E-state index is -0.782. The maximum Gasteiger partial charge on any atom is 0.306 e. The summed E-state index contributed by atoms with van der Waals surface area (Å²) >= 11 is 0. The van der Waals surface area contributed by atoms with Crippen LogP contribution in [0.15, 0.2) is 48.6 Å². The van der Waals surface area contributed by atoms with E-state index in [-0.39, 0.29) is 31.1 Å². The molecule has 0 fully saturated rings. The number of ether oxygens (including phenoxy) is 3. The second kappa shape index (κ2) is 40.1. The summed E-state index contributed by atoms with van der Waals surface area (Å²) in [5.41, 5.74) is 0. The highest BCUT2D eigenvalue weighted by molar-refractivity contribution is 5.71. The van der Waals surface area contributed by atoms with Crippen molar-refractivity contribution in [2.24, 2.45) is 0 Å². The molecule has 0 spiro atoms. The highest BCUT2D eigenvalue weighted by atomic mass is 16.6. The van der Waals surface area contributed by atoms with Crippen LogP contribution in [0.2, 0.25) is 0 Å². The van der Waals surface area contributed by atoms with Crippen molar-refractivity contribution in [3.8, 4) is 0 Å². The molecule has 0 saturated heterocycles. The summed E-state index contributed by atoms with van der Waals surface area (Å²) in [5, 5.41) is 0. The summed E-state index contributed by atoms with van der Waals surface area (Å²) in [6.45, 7) is 6.41. The maximum absolute atomic E-state index is 12.6. The van der Waals surface area contributed by atoms with Crippen LogP contribution in [-0.2, 0) is 28.6 Å². The lowest BCUT2D eigenvalue weighted by molar-refractivity contribution is -0.167. The third-order valence-electron chi connectivity index (χ3n) is 8.82. The first kappa shape index (κ1) is 48.4. The van der Waals surface area contributed by atoms with Crippen LogP contribution in [0.25, 0.3) is 0 Å². The number of hydrogen-bond donors (Lipinski definition) is 0. The Morgan fingerprint density at radius 1 is 0.412 bits per heavy atom. The van der Waals surface area contributed by atoms with E-state index in [1.165, 1.54) is 64.2 Å². The molecule has 0 heterocycles. The Morgan fingerprint density at radius 2 is 0.765 bits per heavy atom. The van der Waals surface area contributed by atoms with Gasteiger partial charge >= 0.3 is 17.9 Å². The Hall–Kier alpha value is -2.63. The molecule has 51 heavy (non-hydrogen) atoms. The molecule has 1 atom stereocenters. The van der Waals surface area contributed by atoms with Gasteiger partial charge in [0.1, 0.15) is 13.2 Å². The first-order valence-corrected chi connectivity index (χ1v) is 21.1. The largest absolute Gasteiger partial charge is 0.462 e. The fourth-order valence-electron chi connectivity index (χ4n) is 5.62. The molecule has 294 valence electrons. The summed E-state index contributed by atoms with van der Waals surface area (Å²) in [4.78, 5) is 37.5. The normalized spacial score (nSPS) is 12.5. The molecule has 1 unspecified atom stereocenters. The standard InChI is InChI=1S/C45H78O6/c1-4-7-10-13-16-19-21-23-25-26-29-32-35-38-44(47)50-41-42(40-49-43(46)37-34-31-28-18-15-12-9-6-3)51-45(48)39-36-33-30-27-24-22-20-17-14-11-8-5-2/h7,10,16-17,19-20,23,25,42H,4-6,8-9,11-15,18,21-22,24,26-41H2,1-3H3/b10-7-,19-16-,20-17-,25-23-. The minimum Gasteiger partial charge on any atom is -0.462 e. The van der Waals surface area contributed by atoms with Gasteiger partial charge in [-0.1, -0.05) is 153 Å². The third kappa shape index (κ3) is 38.4. The molecule has 0 aromatic heterocycles. The van der Waals surface area contributed by atoms with Crippen LogP contribution < -0.4 is 0 Å². The van der Waals surface area contributed by atoms with Crippen molar-refractivity contribution in [1.29, 1.82) is 0 Å². The van der Waals surface area contributed by atoms with Gasteiger partial charge in [-0.3, -0.25) is 14.4 Å². The van der Waals surface area contributed by atoms with Crippen LogP contribution in [-0.4, -0.2) is 37.2 Å². The molecular weight excluding hydrogens is 636 g/mol. The van der Waals surface area contributed by atoms with E-state index in [9.17, 15) is 14.4 Å². The molecule has 0 aliphatic carbocycles. The number of hydrogen-bond acceptors (Lipinski definition) is 6. The Bertz CT molecular complexity index is 918. The average Bonchev–Trinajstić information content (AvgIpc) is 3.12. The van der Waals surface area contributed by atoms with Gasteiger partial charge in [0, 0.05) is 19.3 Å². The average molecular weight is 715 g/mol. The molecule has 0 aliphatic heterocycles. The van der Waals surface area contributed by atoms with Crippen LogP contribution in [0.3, 0.4) is 0 Å². The van der Waals surface area contributed by atoms with E-state index in [4.69, 9.17) is 14.2 Å². The topological polar surface area (TPSA) is 78.9 Å². The molecule has 0 aromatic rings. The lowest BCUT2D eigenvalue weighted by Gasteiger charge is -2.18. The zero-order valence-electron chi connectivity index (χ0n) is 33.4. The maximum atomic E-state index is 12.6. The highest BCUT2D eigenvalue weighted by Gasteiger charge is 2.19. The lowest BCUT2D eigenvalue weighted by atomic mass is 10.1. The van der Waals surface area contributed by atoms with E-state index in [1.54, 1.807) is 0 Å². The minimum absolute atomic E-state index is 0.0855. The molecule has 0 N–H and O–H groups in total. The first-order chi connectivity index (χ1) is 25.0. The highest BCUT2D eigenvalue weighted by Crippen LogP contribution is 2.13. The van der Waals surface area contributed by atoms with Crippen LogP contribution in [0, 0.1) is 0 Å². The van der Waals surface area contributed by atoms with Crippen LogP contribution in [0.4, 0.5) is 0 Å². The summed E-state index contributed by atoms with van der Waals surface area (Å²) in [6.07, 6.45) is 45.3. The van der Waals surface area contributed by atoms with Crippen molar-refractivity contribution >= 4 is 17.9 Å². The van der Waals surface area contributed by atoms with Crippen molar-refractivity contribution in [3.63, 3.8) is 0 Å². The molecule has 0 rings (SSSR count). The molecular formula is C45H78O6. The van der Waals surface area contributed by atoms with Crippen LogP contribution in [0.5, 0.6) is 0 Å². The van der Waals surface area contributed by atoms with Gasteiger partial charge in [0.15, 0.2) is 6.10 Å². The van der Waals surface area contributed by atoms with Gasteiger partial charge in [-0.2, -0.15) is 0 Å². The number of carbonyl (C=O) groups excluding carboxylic acids is 3. The number of allylic oxidation sites excluding steroid dienone is 8. The predicted octanol–water partition coefficient (Wildman–Crippen LogP) is 13.2. The van der Waals surface area contributed by atoms with Gasteiger partial charge in [-0.05, 0) is 77.0 Å². The quantitative estimate of drug-likeness (QED) is 0.0276. The summed E-state index contributed by atoms with van der Waals surface area (Å²) < 4.78 is 16.6. The second-order valence-electron chi connectivity index (χ2n) is 13.9. The van der Waals surface area contributed by atoms with Gasteiger partial charge in [0.05, 0.1) is 0 Å². The number of carbonyl (C=O) groups is 3. The smallest absolute Gasteiger partial charge is 0.306 e. The van der Waals surface area contributed by atoms with Gasteiger partial charge < -0.3 is 14.2 Å². The van der Waals surface area contributed by atoms with Crippen molar-refractivity contribution in [1.82, 2.24) is 0 Å². The van der Waals surface area contributed by atoms with Crippen molar-refractivity contribution < 1.29 is 28.6 Å². The first-order valence-electron chi connectivity index (χ1n) is 21.1. The van der Waals surface area contributed by atoms with Crippen LogP contribution in [0.1, 0.15) is 201 Å².